The summed E-state index contributed by atoms with van der Waals surface area (Å²) in [6.07, 6.45) is 1.04. The highest BCUT2D eigenvalue weighted by Crippen LogP contribution is 2.20. The average Bonchev–Trinajstić information content (AvgIpc) is 2.33. The molecule has 0 aromatic carbocycles. The normalized spacial score (nSPS) is 11.5. The molecule has 0 aromatic heterocycles. The van der Waals surface area contributed by atoms with E-state index in [1.165, 1.54) is 14.2 Å². The van der Waals surface area contributed by atoms with Crippen LogP contribution in [-0.4, -0.2) is 49.7 Å². The molecule has 100 valence electrons. The summed E-state index contributed by atoms with van der Waals surface area (Å²) >= 11 is 0. The third kappa shape index (κ3) is 5.45. The molecule has 0 aliphatic carbocycles. The van der Waals surface area contributed by atoms with E-state index in [9.17, 15) is 4.79 Å². The number of ether oxygens (including phenoxy) is 3. The van der Waals surface area contributed by atoms with Crippen LogP contribution in [0.25, 0.3) is 0 Å². The Morgan fingerprint density at radius 2 is 1.94 bits per heavy atom. The van der Waals surface area contributed by atoms with Crippen LogP contribution >= 0.6 is 0 Å². The van der Waals surface area contributed by atoms with Gasteiger partial charge in [-0.2, -0.15) is 0 Å². The Bertz CT molecular complexity index is 250. The van der Waals surface area contributed by atoms with Crippen LogP contribution in [0.5, 0.6) is 0 Å². The van der Waals surface area contributed by atoms with E-state index in [1.807, 2.05) is 6.92 Å². The molecule has 17 heavy (non-hydrogen) atoms. The zero-order valence-corrected chi connectivity index (χ0v) is 13.1. The molecule has 0 atom stereocenters. The van der Waals surface area contributed by atoms with E-state index < -0.39 is 11.8 Å². The van der Waals surface area contributed by atoms with Crippen molar-refractivity contribution in [2.45, 2.75) is 25.6 Å². The standard InChI is InChI=1S/C11H22O5Si/c1-9(2)8-15-7-5-6-11(13-3,14-4)10(12)16-17/h1,5-8H2,2-4,17H3. The first-order valence-corrected chi connectivity index (χ1v) is 6.25. The van der Waals surface area contributed by atoms with Crippen LogP contribution in [0, 0.1) is 0 Å². The van der Waals surface area contributed by atoms with Crippen LogP contribution in [0.2, 0.25) is 0 Å². The predicted molar refractivity (Wildman–Crippen MR) is 67.6 cm³/mol. The Hall–Kier alpha value is -0.693. The fraction of sp³-hybridized carbons (Fsp3) is 0.727. The molecule has 0 radical (unpaired) electrons. The molecule has 0 saturated carbocycles. The maximum absolute atomic E-state index is 11.6. The molecule has 0 fully saturated rings. The summed E-state index contributed by atoms with van der Waals surface area (Å²) in [5, 5.41) is 0. The molecule has 0 bridgehead atoms. The van der Waals surface area contributed by atoms with E-state index >= 15 is 0 Å². The Balaban J connectivity index is 4.09. The fourth-order valence-corrected chi connectivity index (χ4v) is 1.68. The van der Waals surface area contributed by atoms with E-state index in [0.717, 1.165) is 5.57 Å². The smallest absolute Gasteiger partial charge is 0.352 e. The van der Waals surface area contributed by atoms with Crippen molar-refractivity contribution >= 4 is 16.5 Å². The lowest BCUT2D eigenvalue weighted by atomic mass is 10.1. The van der Waals surface area contributed by atoms with Crippen molar-refractivity contribution in [3.05, 3.63) is 12.2 Å². The minimum Gasteiger partial charge on any atom is -0.525 e. The second-order valence-corrected chi connectivity index (χ2v) is 4.17. The van der Waals surface area contributed by atoms with Gasteiger partial charge in [0.05, 0.1) is 6.61 Å². The van der Waals surface area contributed by atoms with Crippen LogP contribution in [0.3, 0.4) is 0 Å². The van der Waals surface area contributed by atoms with Crippen LogP contribution in [0.1, 0.15) is 19.8 Å². The molecule has 0 amide bonds. The summed E-state index contributed by atoms with van der Waals surface area (Å²) in [4.78, 5) is 11.6. The summed E-state index contributed by atoms with van der Waals surface area (Å²) in [5.41, 5.74) is 0.966. The van der Waals surface area contributed by atoms with Crippen molar-refractivity contribution in [1.82, 2.24) is 0 Å². The molecule has 0 rings (SSSR count). The lowest BCUT2D eigenvalue weighted by Gasteiger charge is -2.27. The molecule has 0 aliphatic rings. The third-order valence-electron chi connectivity index (χ3n) is 2.30. The van der Waals surface area contributed by atoms with Gasteiger partial charge in [-0.3, -0.25) is 0 Å². The Labute approximate surface area is 106 Å². The molecule has 0 N–H and O–H groups in total. The topological polar surface area (TPSA) is 54.0 Å². The van der Waals surface area contributed by atoms with E-state index in [0.29, 0.717) is 36.5 Å². The summed E-state index contributed by atoms with van der Waals surface area (Å²) in [7, 11) is 3.17. The number of methoxy groups -OCH3 is 2. The van der Waals surface area contributed by atoms with Gasteiger partial charge in [0.25, 0.3) is 5.79 Å². The van der Waals surface area contributed by atoms with Gasteiger partial charge in [0.15, 0.2) is 0 Å². The molecule has 0 saturated heterocycles. The van der Waals surface area contributed by atoms with Crippen molar-refractivity contribution in [1.29, 1.82) is 0 Å². The number of rotatable bonds is 9. The number of carbonyl (C=O) groups excluding carboxylic acids is 1. The molecule has 5 nitrogen and oxygen atoms in total. The zero-order valence-electron chi connectivity index (χ0n) is 11.1. The molecular formula is C11H22O5Si. The molecule has 0 heterocycles. The third-order valence-corrected chi connectivity index (χ3v) is 2.67. The van der Waals surface area contributed by atoms with Crippen LogP contribution in [0.4, 0.5) is 0 Å². The predicted octanol–water partition coefficient (Wildman–Crippen LogP) is 0.172. The van der Waals surface area contributed by atoms with Crippen molar-refractivity contribution < 1.29 is 23.4 Å². The van der Waals surface area contributed by atoms with Crippen molar-refractivity contribution in [3.63, 3.8) is 0 Å². The molecule has 0 aromatic rings. The first-order chi connectivity index (χ1) is 8.02. The summed E-state index contributed by atoms with van der Waals surface area (Å²) in [5.74, 6) is -1.78. The Morgan fingerprint density at radius 1 is 1.35 bits per heavy atom. The highest BCUT2D eigenvalue weighted by atomic mass is 28.2. The van der Waals surface area contributed by atoms with Crippen LogP contribution in [-0.2, 0) is 23.4 Å². The quantitative estimate of drug-likeness (QED) is 0.257. The zero-order chi connectivity index (χ0) is 13.3. The molecule has 0 unspecified atom stereocenters. The van der Waals surface area contributed by atoms with Gasteiger partial charge in [0, 0.05) is 27.2 Å². The minimum absolute atomic E-state index is 0.318. The SMILES string of the molecule is C=C(C)COCCCC(OC)(OC)C(=O)O[SiH3]. The van der Waals surface area contributed by atoms with Crippen molar-refractivity contribution in [3.8, 4) is 0 Å². The second kappa shape index (κ2) is 8.41. The van der Waals surface area contributed by atoms with E-state index in [4.69, 9.17) is 18.6 Å². The van der Waals surface area contributed by atoms with Gasteiger partial charge in [-0.15, -0.1) is 0 Å². The number of hydrogen-bond acceptors (Lipinski definition) is 5. The largest absolute Gasteiger partial charge is 0.525 e. The monoisotopic (exact) mass is 262 g/mol. The van der Waals surface area contributed by atoms with Gasteiger partial charge in [0.1, 0.15) is 0 Å². The molecule has 6 heteroatoms. The van der Waals surface area contributed by atoms with Gasteiger partial charge < -0.3 is 18.6 Å². The number of carbonyl (C=O) groups is 1. The van der Waals surface area contributed by atoms with Crippen LogP contribution < -0.4 is 0 Å². The Morgan fingerprint density at radius 3 is 2.35 bits per heavy atom. The first kappa shape index (κ1) is 16.3. The molecule has 0 aliphatic heterocycles. The van der Waals surface area contributed by atoms with Gasteiger partial charge >= 0.3 is 5.97 Å². The van der Waals surface area contributed by atoms with Crippen LogP contribution in [0.15, 0.2) is 12.2 Å². The van der Waals surface area contributed by atoms with E-state index in [1.54, 1.807) is 0 Å². The fourth-order valence-electron chi connectivity index (χ4n) is 1.37. The highest BCUT2D eigenvalue weighted by Gasteiger charge is 2.39. The van der Waals surface area contributed by atoms with Gasteiger partial charge in [0.2, 0.25) is 10.5 Å². The maximum atomic E-state index is 11.6. The van der Waals surface area contributed by atoms with Crippen molar-refractivity contribution in [2.75, 3.05) is 27.4 Å². The lowest BCUT2D eigenvalue weighted by molar-refractivity contribution is -0.225. The minimum atomic E-state index is -1.30. The molecular weight excluding hydrogens is 240 g/mol. The highest BCUT2D eigenvalue weighted by molar-refractivity contribution is 6.06. The van der Waals surface area contributed by atoms with E-state index in [-0.39, 0.29) is 0 Å². The number of hydrogen-bond donors (Lipinski definition) is 0. The summed E-state index contributed by atoms with van der Waals surface area (Å²) in [6, 6.07) is 0. The second-order valence-electron chi connectivity index (χ2n) is 3.77. The molecule has 0 spiro atoms. The van der Waals surface area contributed by atoms with Gasteiger partial charge in [-0.05, 0) is 13.3 Å². The van der Waals surface area contributed by atoms with Gasteiger partial charge in [-0.1, -0.05) is 12.2 Å². The summed E-state index contributed by atoms with van der Waals surface area (Å²) < 4.78 is 20.4. The van der Waals surface area contributed by atoms with E-state index in [2.05, 4.69) is 6.58 Å². The summed E-state index contributed by atoms with van der Waals surface area (Å²) in [6.45, 7) is 6.68. The van der Waals surface area contributed by atoms with Gasteiger partial charge in [-0.25, -0.2) is 4.79 Å². The first-order valence-electron chi connectivity index (χ1n) is 5.43. The average molecular weight is 262 g/mol. The Kier molecular flexibility index (Phi) is 8.06. The maximum Gasteiger partial charge on any atom is 0.352 e. The van der Waals surface area contributed by atoms with Crippen molar-refractivity contribution in [2.24, 2.45) is 0 Å². The lowest BCUT2D eigenvalue weighted by Crippen LogP contribution is -2.44.